The maximum atomic E-state index is 12.7. The molecule has 130 valence electrons. The molecule has 0 aliphatic rings. The largest absolute Gasteiger partial charge is 0.383 e. The van der Waals surface area contributed by atoms with E-state index in [1.54, 1.807) is 18.4 Å². The Morgan fingerprint density at radius 1 is 1.16 bits per heavy atom. The first-order valence-electron chi connectivity index (χ1n) is 8.25. The molecular weight excluding hydrogens is 332 g/mol. The summed E-state index contributed by atoms with van der Waals surface area (Å²) in [5, 5.41) is 0. The van der Waals surface area contributed by atoms with E-state index in [4.69, 9.17) is 4.74 Å². The molecule has 0 saturated heterocycles. The van der Waals surface area contributed by atoms with Gasteiger partial charge in [-0.25, -0.2) is 0 Å². The van der Waals surface area contributed by atoms with Gasteiger partial charge >= 0.3 is 0 Å². The van der Waals surface area contributed by atoms with E-state index < -0.39 is 0 Å². The van der Waals surface area contributed by atoms with E-state index in [1.807, 2.05) is 38.1 Å². The molecule has 2 aromatic carbocycles. The van der Waals surface area contributed by atoms with Crippen molar-refractivity contribution in [2.45, 2.75) is 27.3 Å². The van der Waals surface area contributed by atoms with Gasteiger partial charge in [-0.1, -0.05) is 41.2 Å². The van der Waals surface area contributed by atoms with Gasteiger partial charge in [0.25, 0.3) is 5.91 Å². The van der Waals surface area contributed by atoms with Gasteiger partial charge in [0.15, 0.2) is 4.80 Å². The topological polar surface area (TPSA) is 43.6 Å². The minimum atomic E-state index is -0.201. The summed E-state index contributed by atoms with van der Waals surface area (Å²) < 4.78 is 8.45. The van der Waals surface area contributed by atoms with Crippen LogP contribution < -0.4 is 4.80 Å². The van der Waals surface area contributed by atoms with Crippen molar-refractivity contribution in [2.24, 2.45) is 4.99 Å². The summed E-state index contributed by atoms with van der Waals surface area (Å²) in [6.07, 6.45) is 0. The molecule has 0 unspecified atom stereocenters. The van der Waals surface area contributed by atoms with Crippen molar-refractivity contribution in [3.8, 4) is 0 Å². The van der Waals surface area contributed by atoms with Crippen LogP contribution in [0, 0.1) is 20.8 Å². The Morgan fingerprint density at radius 2 is 1.96 bits per heavy atom. The summed E-state index contributed by atoms with van der Waals surface area (Å²) in [6.45, 7) is 7.29. The van der Waals surface area contributed by atoms with Gasteiger partial charge in [-0.15, -0.1) is 0 Å². The van der Waals surface area contributed by atoms with Crippen molar-refractivity contribution in [1.82, 2.24) is 4.57 Å². The third-order valence-corrected chi connectivity index (χ3v) is 5.27. The fourth-order valence-corrected chi connectivity index (χ4v) is 4.12. The molecule has 5 heteroatoms. The van der Waals surface area contributed by atoms with E-state index in [1.165, 1.54) is 5.56 Å². The average molecular weight is 354 g/mol. The smallest absolute Gasteiger partial charge is 0.279 e. The van der Waals surface area contributed by atoms with Gasteiger partial charge in [-0.05, 0) is 44.0 Å². The Balaban J connectivity index is 2.14. The van der Waals surface area contributed by atoms with Gasteiger partial charge in [-0.3, -0.25) is 4.79 Å². The molecule has 0 fully saturated rings. The number of amides is 1. The zero-order valence-electron chi connectivity index (χ0n) is 15.0. The summed E-state index contributed by atoms with van der Waals surface area (Å²) >= 11 is 1.54. The van der Waals surface area contributed by atoms with Crippen LogP contribution in [0.5, 0.6) is 0 Å². The van der Waals surface area contributed by atoms with Crippen molar-refractivity contribution < 1.29 is 9.53 Å². The quantitative estimate of drug-likeness (QED) is 0.710. The Bertz CT molecular complexity index is 999. The van der Waals surface area contributed by atoms with E-state index in [2.05, 4.69) is 28.6 Å². The molecule has 1 amide bonds. The third kappa shape index (κ3) is 3.57. The first-order chi connectivity index (χ1) is 12.0. The van der Waals surface area contributed by atoms with Gasteiger partial charge in [-0.2, -0.15) is 4.99 Å². The summed E-state index contributed by atoms with van der Waals surface area (Å²) in [7, 11) is 1.68. The first kappa shape index (κ1) is 17.6. The minimum Gasteiger partial charge on any atom is -0.383 e. The Labute approximate surface area is 151 Å². The number of hydrogen-bond acceptors (Lipinski definition) is 3. The molecule has 0 radical (unpaired) electrons. The van der Waals surface area contributed by atoms with E-state index in [0.29, 0.717) is 23.5 Å². The number of aryl methyl sites for hydroxylation is 3. The predicted octanol–water partition coefficient (Wildman–Crippen LogP) is 4.02. The number of thiazole rings is 1. The maximum Gasteiger partial charge on any atom is 0.279 e. The van der Waals surface area contributed by atoms with Crippen LogP contribution in [-0.4, -0.2) is 24.2 Å². The van der Waals surface area contributed by atoms with Gasteiger partial charge in [0.1, 0.15) is 0 Å². The SMILES string of the molecule is COCCn1c(=NC(=O)c2ccc(C)cc2C)sc2cccc(C)c21. The molecule has 1 aromatic heterocycles. The number of ether oxygens (including phenoxy) is 1. The second kappa shape index (κ2) is 7.33. The van der Waals surface area contributed by atoms with Crippen LogP contribution in [0.4, 0.5) is 0 Å². The summed E-state index contributed by atoms with van der Waals surface area (Å²) in [4.78, 5) is 17.9. The molecule has 0 N–H and O–H groups in total. The summed E-state index contributed by atoms with van der Waals surface area (Å²) in [5.41, 5.74) is 5.04. The Morgan fingerprint density at radius 3 is 2.68 bits per heavy atom. The Hall–Kier alpha value is -2.24. The second-order valence-corrected chi connectivity index (χ2v) is 7.20. The zero-order chi connectivity index (χ0) is 18.0. The molecule has 0 aliphatic carbocycles. The van der Waals surface area contributed by atoms with Gasteiger partial charge < -0.3 is 9.30 Å². The zero-order valence-corrected chi connectivity index (χ0v) is 15.8. The number of carbonyl (C=O) groups excluding carboxylic acids is 1. The van der Waals surface area contributed by atoms with E-state index in [9.17, 15) is 4.79 Å². The van der Waals surface area contributed by atoms with Crippen molar-refractivity contribution in [1.29, 1.82) is 0 Å². The number of hydrogen-bond donors (Lipinski definition) is 0. The molecule has 0 saturated carbocycles. The van der Waals surface area contributed by atoms with E-state index in [0.717, 1.165) is 21.3 Å². The van der Waals surface area contributed by atoms with Crippen molar-refractivity contribution in [2.75, 3.05) is 13.7 Å². The lowest BCUT2D eigenvalue weighted by molar-refractivity contribution is 0.0996. The molecule has 25 heavy (non-hydrogen) atoms. The Kier molecular flexibility index (Phi) is 5.16. The fraction of sp³-hybridized carbons (Fsp3) is 0.300. The standard InChI is InChI=1S/C20H22N2O2S/c1-13-8-9-16(15(3)12-13)19(23)21-20-22(10-11-24-4)18-14(2)6-5-7-17(18)25-20/h5-9,12H,10-11H2,1-4H3. The van der Waals surface area contributed by atoms with Crippen molar-refractivity contribution in [3.05, 3.63) is 63.5 Å². The molecule has 1 heterocycles. The van der Waals surface area contributed by atoms with Gasteiger partial charge in [0.2, 0.25) is 0 Å². The van der Waals surface area contributed by atoms with Crippen LogP contribution in [0.1, 0.15) is 27.0 Å². The average Bonchev–Trinajstić information content (AvgIpc) is 2.91. The molecule has 4 nitrogen and oxygen atoms in total. The van der Waals surface area contributed by atoms with E-state index >= 15 is 0 Å². The number of para-hydroxylation sites is 1. The highest BCUT2D eigenvalue weighted by Crippen LogP contribution is 2.21. The van der Waals surface area contributed by atoms with Crippen LogP contribution in [0.25, 0.3) is 10.2 Å². The summed E-state index contributed by atoms with van der Waals surface area (Å²) in [5.74, 6) is -0.201. The van der Waals surface area contributed by atoms with Crippen LogP contribution in [0.2, 0.25) is 0 Å². The number of aromatic nitrogens is 1. The lowest BCUT2D eigenvalue weighted by Crippen LogP contribution is -2.20. The molecule has 0 aliphatic heterocycles. The summed E-state index contributed by atoms with van der Waals surface area (Å²) in [6, 6.07) is 12.0. The van der Waals surface area contributed by atoms with Crippen molar-refractivity contribution in [3.63, 3.8) is 0 Å². The monoisotopic (exact) mass is 354 g/mol. The molecule has 3 aromatic rings. The van der Waals surface area contributed by atoms with Crippen molar-refractivity contribution >= 4 is 27.5 Å². The van der Waals surface area contributed by atoms with Crippen LogP contribution in [-0.2, 0) is 11.3 Å². The number of benzene rings is 2. The van der Waals surface area contributed by atoms with Crippen LogP contribution in [0.3, 0.4) is 0 Å². The molecule has 0 atom stereocenters. The normalized spacial score (nSPS) is 12.1. The lowest BCUT2D eigenvalue weighted by Gasteiger charge is -2.06. The highest BCUT2D eigenvalue weighted by Gasteiger charge is 2.12. The van der Waals surface area contributed by atoms with E-state index in [-0.39, 0.29) is 5.91 Å². The number of carbonyl (C=O) groups is 1. The minimum absolute atomic E-state index is 0.201. The fourth-order valence-electron chi connectivity index (χ4n) is 2.98. The predicted molar refractivity (Wildman–Crippen MR) is 102 cm³/mol. The number of rotatable bonds is 4. The van der Waals surface area contributed by atoms with Gasteiger partial charge in [0, 0.05) is 19.2 Å². The molecule has 3 rings (SSSR count). The van der Waals surface area contributed by atoms with Crippen LogP contribution in [0.15, 0.2) is 41.4 Å². The number of nitrogens with zero attached hydrogens (tertiary/aromatic N) is 2. The highest BCUT2D eigenvalue weighted by molar-refractivity contribution is 7.16. The number of methoxy groups -OCH3 is 1. The van der Waals surface area contributed by atoms with Gasteiger partial charge in [0.05, 0.1) is 16.8 Å². The molecule has 0 bridgehead atoms. The number of fused-ring (bicyclic) bond motifs is 1. The molecule has 0 spiro atoms. The lowest BCUT2D eigenvalue weighted by atomic mass is 10.1. The first-order valence-corrected chi connectivity index (χ1v) is 9.07. The third-order valence-electron chi connectivity index (χ3n) is 4.23. The van der Waals surface area contributed by atoms with Crippen LogP contribution >= 0.6 is 11.3 Å². The highest BCUT2D eigenvalue weighted by atomic mass is 32.1. The molecular formula is C20H22N2O2S. The second-order valence-electron chi connectivity index (χ2n) is 6.19. The maximum absolute atomic E-state index is 12.7.